The Morgan fingerprint density at radius 2 is 2.18 bits per heavy atom. The third-order valence-electron chi connectivity index (χ3n) is 3.48. The van der Waals surface area contributed by atoms with Gasteiger partial charge in [-0.25, -0.2) is 4.68 Å². The van der Waals surface area contributed by atoms with Gasteiger partial charge >= 0.3 is 0 Å². The lowest BCUT2D eigenvalue weighted by atomic mass is 9.93. The topological polar surface area (TPSA) is 69.6 Å². The molecule has 17 heavy (non-hydrogen) atoms. The smallest absolute Gasteiger partial charge is 0.184 e. The standard InChI is InChI=1S/C12H15N5/c1-8-4-2-7-10(11(8)13)12-14-15-16-17(12)9-5-3-6-9/h2,4,7,9H,3,5-6,13H2,1H3. The van der Waals surface area contributed by atoms with Crippen LogP contribution in [0.25, 0.3) is 11.4 Å². The number of nitrogen functional groups attached to an aromatic ring is 1. The van der Waals surface area contributed by atoms with Crippen molar-refractivity contribution in [1.82, 2.24) is 20.2 Å². The van der Waals surface area contributed by atoms with E-state index in [0.717, 1.165) is 35.5 Å². The van der Waals surface area contributed by atoms with Gasteiger partial charge in [-0.05, 0) is 48.2 Å². The largest absolute Gasteiger partial charge is 0.398 e. The van der Waals surface area contributed by atoms with Crippen LogP contribution in [0.1, 0.15) is 30.9 Å². The molecule has 2 aromatic rings. The summed E-state index contributed by atoms with van der Waals surface area (Å²) in [5, 5.41) is 12.0. The summed E-state index contributed by atoms with van der Waals surface area (Å²) in [4.78, 5) is 0. The van der Waals surface area contributed by atoms with Crippen LogP contribution in [0.5, 0.6) is 0 Å². The molecular formula is C12H15N5. The van der Waals surface area contributed by atoms with Crippen molar-refractivity contribution in [2.24, 2.45) is 0 Å². The van der Waals surface area contributed by atoms with Crippen molar-refractivity contribution < 1.29 is 0 Å². The molecule has 1 aliphatic carbocycles. The first-order valence-electron chi connectivity index (χ1n) is 5.90. The molecule has 0 spiro atoms. The van der Waals surface area contributed by atoms with E-state index in [-0.39, 0.29) is 0 Å². The molecule has 0 radical (unpaired) electrons. The molecule has 0 aliphatic heterocycles. The van der Waals surface area contributed by atoms with Gasteiger partial charge in [0.15, 0.2) is 5.82 Å². The zero-order chi connectivity index (χ0) is 11.8. The number of benzene rings is 1. The summed E-state index contributed by atoms with van der Waals surface area (Å²) in [5.41, 5.74) is 8.85. The van der Waals surface area contributed by atoms with Crippen LogP contribution in [0.2, 0.25) is 0 Å². The van der Waals surface area contributed by atoms with E-state index in [9.17, 15) is 0 Å². The van der Waals surface area contributed by atoms with Gasteiger partial charge in [0.05, 0.1) is 6.04 Å². The van der Waals surface area contributed by atoms with E-state index in [4.69, 9.17) is 5.73 Å². The number of tetrazole rings is 1. The fraction of sp³-hybridized carbons (Fsp3) is 0.417. The van der Waals surface area contributed by atoms with Gasteiger partial charge < -0.3 is 5.73 Å². The quantitative estimate of drug-likeness (QED) is 0.799. The molecular weight excluding hydrogens is 214 g/mol. The minimum atomic E-state index is 0.444. The van der Waals surface area contributed by atoms with E-state index in [1.165, 1.54) is 6.42 Å². The summed E-state index contributed by atoms with van der Waals surface area (Å²) in [6.07, 6.45) is 3.57. The maximum absolute atomic E-state index is 6.09. The van der Waals surface area contributed by atoms with Crippen molar-refractivity contribution in [3.8, 4) is 11.4 Å². The lowest BCUT2D eigenvalue weighted by molar-refractivity contribution is 0.287. The van der Waals surface area contributed by atoms with Crippen LogP contribution in [-0.4, -0.2) is 20.2 Å². The van der Waals surface area contributed by atoms with E-state index in [1.54, 1.807) is 0 Å². The number of aryl methyl sites for hydroxylation is 1. The van der Waals surface area contributed by atoms with Crippen LogP contribution in [0.4, 0.5) is 5.69 Å². The first-order valence-corrected chi connectivity index (χ1v) is 5.90. The number of aromatic nitrogens is 4. The number of anilines is 1. The Hall–Kier alpha value is -1.91. The zero-order valence-corrected chi connectivity index (χ0v) is 9.80. The summed E-state index contributed by atoms with van der Waals surface area (Å²) in [6, 6.07) is 6.40. The molecule has 5 nitrogen and oxygen atoms in total. The molecule has 0 amide bonds. The van der Waals surface area contributed by atoms with E-state index in [1.807, 2.05) is 29.8 Å². The molecule has 3 rings (SSSR count). The molecule has 0 saturated heterocycles. The summed E-state index contributed by atoms with van der Waals surface area (Å²) < 4.78 is 1.91. The van der Waals surface area contributed by atoms with Crippen molar-refractivity contribution in [3.05, 3.63) is 23.8 Å². The van der Waals surface area contributed by atoms with Gasteiger partial charge in [-0.1, -0.05) is 12.1 Å². The van der Waals surface area contributed by atoms with Gasteiger partial charge in [-0.15, -0.1) is 5.10 Å². The van der Waals surface area contributed by atoms with Crippen molar-refractivity contribution in [1.29, 1.82) is 0 Å². The highest BCUT2D eigenvalue weighted by Gasteiger charge is 2.25. The maximum atomic E-state index is 6.09. The lowest BCUT2D eigenvalue weighted by Crippen LogP contribution is -2.19. The first-order chi connectivity index (χ1) is 8.27. The second-order valence-electron chi connectivity index (χ2n) is 4.57. The fourth-order valence-corrected chi connectivity index (χ4v) is 2.12. The summed E-state index contributed by atoms with van der Waals surface area (Å²) in [7, 11) is 0. The second kappa shape index (κ2) is 3.84. The lowest BCUT2D eigenvalue weighted by Gasteiger charge is -2.26. The van der Waals surface area contributed by atoms with Gasteiger partial charge in [-0.2, -0.15) is 0 Å². The van der Waals surface area contributed by atoms with Crippen molar-refractivity contribution in [2.45, 2.75) is 32.2 Å². The molecule has 0 bridgehead atoms. The van der Waals surface area contributed by atoms with Crippen LogP contribution in [-0.2, 0) is 0 Å². The average Bonchev–Trinajstić information content (AvgIpc) is 2.68. The molecule has 88 valence electrons. The molecule has 1 heterocycles. The van der Waals surface area contributed by atoms with Crippen LogP contribution in [0, 0.1) is 6.92 Å². The highest BCUT2D eigenvalue weighted by molar-refractivity contribution is 5.74. The number of hydrogen-bond donors (Lipinski definition) is 1. The predicted molar refractivity (Wildman–Crippen MR) is 65.3 cm³/mol. The monoisotopic (exact) mass is 229 g/mol. The number of para-hydroxylation sites is 1. The Kier molecular flexibility index (Phi) is 2.31. The Morgan fingerprint density at radius 1 is 1.35 bits per heavy atom. The van der Waals surface area contributed by atoms with Gasteiger partial charge in [0.25, 0.3) is 0 Å². The molecule has 1 aliphatic rings. The van der Waals surface area contributed by atoms with Crippen LogP contribution >= 0.6 is 0 Å². The first kappa shape index (κ1) is 10.3. The summed E-state index contributed by atoms with van der Waals surface area (Å²) in [6.45, 7) is 2.00. The van der Waals surface area contributed by atoms with Gasteiger partial charge in [0, 0.05) is 11.3 Å². The molecule has 1 fully saturated rings. The van der Waals surface area contributed by atoms with Gasteiger partial charge in [-0.3, -0.25) is 0 Å². The van der Waals surface area contributed by atoms with Crippen molar-refractivity contribution >= 4 is 5.69 Å². The maximum Gasteiger partial charge on any atom is 0.184 e. The molecule has 0 unspecified atom stereocenters. The number of hydrogen-bond acceptors (Lipinski definition) is 4. The molecule has 1 aromatic carbocycles. The normalized spacial score (nSPS) is 15.8. The average molecular weight is 229 g/mol. The Morgan fingerprint density at radius 3 is 2.88 bits per heavy atom. The Balaban J connectivity index is 2.09. The zero-order valence-electron chi connectivity index (χ0n) is 9.80. The highest BCUT2D eigenvalue weighted by atomic mass is 15.6. The molecule has 1 aromatic heterocycles. The number of nitrogens with zero attached hydrogens (tertiary/aromatic N) is 4. The number of nitrogens with two attached hydrogens (primary N) is 1. The SMILES string of the molecule is Cc1cccc(-c2nnnn2C2CCC2)c1N. The van der Waals surface area contributed by atoms with E-state index in [2.05, 4.69) is 15.5 Å². The molecule has 2 N–H and O–H groups in total. The fourth-order valence-electron chi connectivity index (χ4n) is 2.12. The van der Waals surface area contributed by atoms with Crippen LogP contribution in [0.15, 0.2) is 18.2 Å². The van der Waals surface area contributed by atoms with Crippen molar-refractivity contribution in [2.75, 3.05) is 5.73 Å². The van der Waals surface area contributed by atoms with Crippen LogP contribution < -0.4 is 5.73 Å². The Labute approximate surface area is 99.6 Å². The van der Waals surface area contributed by atoms with Gasteiger partial charge in [0.1, 0.15) is 0 Å². The minimum absolute atomic E-state index is 0.444. The molecule has 0 atom stereocenters. The second-order valence-corrected chi connectivity index (χ2v) is 4.57. The Bertz CT molecular complexity index is 542. The van der Waals surface area contributed by atoms with E-state index < -0.39 is 0 Å². The highest BCUT2D eigenvalue weighted by Crippen LogP contribution is 2.35. The van der Waals surface area contributed by atoms with E-state index >= 15 is 0 Å². The van der Waals surface area contributed by atoms with Crippen molar-refractivity contribution in [3.63, 3.8) is 0 Å². The predicted octanol–water partition coefficient (Wildman–Crippen LogP) is 1.96. The summed E-state index contributed by atoms with van der Waals surface area (Å²) >= 11 is 0. The summed E-state index contributed by atoms with van der Waals surface area (Å²) in [5.74, 6) is 0.788. The third-order valence-corrected chi connectivity index (χ3v) is 3.48. The number of rotatable bonds is 2. The minimum Gasteiger partial charge on any atom is -0.398 e. The molecule has 5 heteroatoms. The van der Waals surface area contributed by atoms with Gasteiger partial charge in [0.2, 0.25) is 0 Å². The molecule has 1 saturated carbocycles. The van der Waals surface area contributed by atoms with Crippen LogP contribution in [0.3, 0.4) is 0 Å². The van der Waals surface area contributed by atoms with E-state index in [0.29, 0.717) is 6.04 Å². The third kappa shape index (κ3) is 1.58.